The van der Waals surface area contributed by atoms with E-state index in [4.69, 9.17) is 9.47 Å². The predicted molar refractivity (Wildman–Crippen MR) is 135 cm³/mol. The number of carbonyl (C=O) groups excluding carboxylic acids is 4. The average Bonchev–Trinajstić information content (AvgIpc) is 3.01. The normalized spacial score (nSPS) is 24.1. The molecule has 4 aliphatic heterocycles. The van der Waals surface area contributed by atoms with Crippen LogP contribution < -0.4 is 10.2 Å². The van der Waals surface area contributed by atoms with Gasteiger partial charge in [0.1, 0.15) is 11.6 Å². The molecular weight excluding hydrogens is 476 g/mol. The molecule has 4 aliphatic rings. The molecular formula is C27H36N4O6. The van der Waals surface area contributed by atoms with E-state index in [0.717, 1.165) is 43.6 Å². The lowest BCUT2D eigenvalue weighted by Gasteiger charge is -2.42. The standard InChI is InChI=1S/C27H36N4O6/c1-26(2,3)37-25(35)30-13-10-27(36-15-14-30)8-11-29(12-9-27)19-4-5-20-18(16-19)17-31(24(20)34)21-6-7-22(32)28-23(21)33/h4-5,16,21H,6-15,17H2,1-3H3,(H,28,32,33). The topological polar surface area (TPSA) is 108 Å². The largest absolute Gasteiger partial charge is 0.444 e. The van der Waals surface area contributed by atoms with E-state index in [1.165, 1.54) is 0 Å². The van der Waals surface area contributed by atoms with Crippen LogP contribution in [0, 0.1) is 0 Å². The molecule has 1 N–H and O–H groups in total. The number of hydrogen-bond donors (Lipinski definition) is 1. The van der Waals surface area contributed by atoms with Gasteiger partial charge in [-0.3, -0.25) is 19.7 Å². The molecule has 10 heteroatoms. The van der Waals surface area contributed by atoms with Crippen molar-refractivity contribution < 1.29 is 28.7 Å². The highest BCUT2D eigenvalue weighted by Crippen LogP contribution is 2.36. The summed E-state index contributed by atoms with van der Waals surface area (Å²) >= 11 is 0. The molecule has 1 spiro atoms. The highest BCUT2D eigenvalue weighted by Gasteiger charge is 2.41. The zero-order valence-electron chi connectivity index (χ0n) is 21.9. The number of anilines is 1. The maximum Gasteiger partial charge on any atom is 0.410 e. The molecule has 0 aliphatic carbocycles. The number of rotatable bonds is 2. The molecule has 3 saturated heterocycles. The van der Waals surface area contributed by atoms with Crippen LogP contribution >= 0.6 is 0 Å². The second-order valence-electron chi connectivity index (χ2n) is 11.5. The number of nitrogens with zero attached hydrogens (tertiary/aromatic N) is 3. The first kappa shape index (κ1) is 25.5. The van der Waals surface area contributed by atoms with Crippen LogP contribution in [-0.2, 0) is 25.6 Å². The molecule has 1 unspecified atom stereocenters. The maximum absolute atomic E-state index is 13.0. The molecule has 37 heavy (non-hydrogen) atoms. The average molecular weight is 513 g/mol. The third kappa shape index (κ3) is 5.30. The Balaban J connectivity index is 1.20. The number of piperidine rings is 2. The Morgan fingerprint density at radius 3 is 2.51 bits per heavy atom. The molecule has 1 atom stereocenters. The summed E-state index contributed by atoms with van der Waals surface area (Å²) in [7, 11) is 0. The van der Waals surface area contributed by atoms with Crippen molar-refractivity contribution in [3.63, 3.8) is 0 Å². The minimum absolute atomic E-state index is 0.157. The highest BCUT2D eigenvalue weighted by molar-refractivity contribution is 6.05. The lowest BCUT2D eigenvalue weighted by molar-refractivity contribution is -0.136. The van der Waals surface area contributed by atoms with E-state index in [0.29, 0.717) is 38.2 Å². The van der Waals surface area contributed by atoms with Crippen molar-refractivity contribution >= 4 is 29.5 Å². The zero-order valence-corrected chi connectivity index (χ0v) is 21.9. The van der Waals surface area contributed by atoms with E-state index in [1.807, 2.05) is 32.9 Å². The number of imide groups is 1. The van der Waals surface area contributed by atoms with Gasteiger partial charge in [-0.25, -0.2) is 4.79 Å². The second kappa shape index (κ2) is 9.63. The molecule has 200 valence electrons. The summed E-state index contributed by atoms with van der Waals surface area (Å²) < 4.78 is 11.9. The summed E-state index contributed by atoms with van der Waals surface area (Å²) in [6, 6.07) is 5.27. The molecule has 1 aromatic carbocycles. The fourth-order valence-corrected chi connectivity index (χ4v) is 5.73. The Kier molecular flexibility index (Phi) is 6.64. The van der Waals surface area contributed by atoms with Crippen LogP contribution in [0.25, 0.3) is 0 Å². The number of benzene rings is 1. The molecule has 0 saturated carbocycles. The van der Waals surface area contributed by atoms with Crippen molar-refractivity contribution in [2.24, 2.45) is 0 Å². The molecule has 3 fully saturated rings. The van der Waals surface area contributed by atoms with Crippen molar-refractivity contribution in [1.82, 2.24) is 15.1 Å². The number of hydrogen-bond acceptors (Lipinski definition) is 7. The van der Waals surface area contributed by atoms with Gasteiger partial charge in [0.15, 0.2) is 0 Å². The van der Waals surface area contributed by atoms with Crippen molar-refractivity contribution in [2.75, 3.05) is 37.7 Å². The third-order valence-corrected chi connectivity index (χ3v) is 7.81. The Morgan fingerprint density at radius 1 is 1.08 bits per heavy atom. The van der Waals surface area contributed by atoms with Crippen LogP contribution in [0.2, 0.25) is 0 Å². The quantitative estimate of drug-likeness (QED) is 0.607. The molecule has 0 bridgehead atoms. The molecule has 4 amide bonds. The smallest absolute Gasteiger partial charge is 0.410 e. The molecule has 0 aromatic heterocycles. The van der Waals surface area contributed by atoms with Gasteiger partial charge in [-0.05, 0) is 70.2 Å². The molecule has 5 rings (SSSR count). The summed E-state index contributed by atoms with van der Waals surface area (Å²) in [6.45, 7) is 9.26. The molecule has 4 heterocycles. The van der Waals surface area contributed by atoms with Gasteiger partial charge in [0.25, 0.3) is 5.91 Å². The number of fused-ring (bicyclic) bond motifs is 1. The van der Waals surface area contributed by atoms with E-state index in [-0.39, 0.29) is 29.9 Å². The Bertz CT molecular complexity index is 1100. The maximum atomic E-state index is 13.0. The lowest BCUT2D eigenvalue weighted by Crippen LogP contribution is -2.52. The van der Waals surface area contributed by atoms with Gasteiger partial charge in [0, 0.05) is 50.4 Å². The fourth-order valence-electron chi connectivity index (χ4n) is 5.73. The van der Waals surface area contributed by atoms with Gasteiger partial charge in [-0.15, -0.1) is 0 Å². The summed E-state index contributed by atoms with van der Waals surface area (Å²) in [5.74, 6) is -0.839. The zero-order chi connectivity index (χ0) is 26.4. The summed E-state index contributed by atoms with van der Waals surface area (Å²) in [5, 5.41) is 2.35. The van der Waals surface area contributed by atoms with Gasteiger partial charge in [-0.1, -0.05) is 0 Å². The first-order valence-corrected chi connectivity index (χ1v) is 13.2. The number of ether oxygens (including phenoxy) is 2. The van der Waals surface area contributed by atoms with E-state index in [9.17, 15) is 19.2 Å². The van der Waals surface area contributed by atoms with E-state index < -0.39 is 17.6 Å². The van der Waals surface area contributed by atoms with Crippen LogP contribution in [-0.4, -0.2) is 83.6 Å². The third-order valence-electron chi connectivity index (χ3n) is 7.81. The van der Waals surface area contributed by atoms with Gasteiger partial charge >= 0.3 is 6.09 Å². The lowest BCUT2D eigenvalue weighted by atomic mass is 9.87. The fraction of sp³-hybridized carbons (Fsp3) is 0.630. The molecule has 10 nitrogen and oxygen atoms in total. The summed E-state index contributed by atoms with van der Waals surface area (Å²) in [6.07, 6.45) is 2.80. The molecule has 0 radical (unpaired) electrons. The van der Waals surface area contributed by atoms with Crippen LogP contribution in [0.5, 0.6) is 0 Å². The van der Waals surface area contributed by atoms with Gasteiger partial charge in [0.05, 0.1) is 12.2 Å². The number of carbonyl (C=O) groups is 4. The van der Waals surface area contributed by atoms with Crippen LogP contribution in [0.1, 0.15) is 68.8 Å². The van der Waals surface area contributed by atoms with E-state index >= 15 is 0 Å². The van der Waals surface area contributed by atoms with E-state index in [2.05, 4.69) is 16.3 Å². The predicted octanol–water partition coefficient (Wildman–Crippen LogP) is 2.44. The molecule has 1 aromatic rings. The van der Waals surface area contributed by atoms with Crippen molar-refractivity contribution in [3.05, 3.63) is 29.3 Å². The SMILES string of the molecule is CC(C)(C)OC(=O)N1CCOC2(CC1)CCN(c1ccc3c(c1)CN(C1CCC(=O)NC1=O)C3=O)CC2. The van der Waals surface area contributed by atoms with Gasteiger partial charge in [0.2, 0.25) is 11.8 Å². The first-order valence-electron chi connectivity index (χ1n) is 13.2. The van der Waals surface area contributed by atoms with Crippen LogP contribution in [0.3, 0.4) is 0 Å². The van der Waals surface area contributed by atoms with Crippen molar-refractivity contribution in [1.29, 1.82) is 0 Å². The minimum atomic E-state index is -0.608. The Hall–Kier alpha value is -3.14. The number of amides is 4. The van der Waals surface area contributed by atoms with E-state index in [1.54, 1.807) is 9.80 Å². The van der Waals surface area contributed by atoms with Gasteiger partial charge < -0.3 is 24.2 Å². The first-order chi connectivity index (χ1) is 17.5. The van der Waals surface area contributed by atoms with Crippen molar-refractivity contribution in [2.45, 2.75) is 76.7 Å². The summed E-state index contributed by atoms with van der Waals surface area (Å²) in [5.41, 5.74) is 1.81. The highest BCUT2D eigenvalue weighted by atomic mass is 16.6. The second-order valence-corrected chi connectivity index (χ2v) is 11.5. The van der Waals surface area contributed by atoms with Gasteiger partial charge in [-0.2, -0.15) is 0 Å². The van der Waals surface area contributed by atoms with Crippen LogP contribution in [0.15, 0.2) is 18.2 Å². The monoisotopic (exact) mass is 512 g/mol. The number of nitrogens with one attached hydrogen (secondary N) is 1. The minimum Gasteiger partial charge on any atom is -0.444 e. The Morgan fingerprint density at radius 2 is 1.81 bits per heavy atom. The van der Waals surface area contributed by atoms with Crippen LogP contribution in [0.4, 0.5) is 10.5 Å². The van der Waals surface area contributed by atoms with Crippen molar-refractivity contribution in [3.8, 4) is 0 Å². The summed E-state index contributed by atoms with van der Waals surface area (Å²) in [4.78, 5) is 55.0. The Labute approximate surface area is 217 Å².